The number of fused-ring (bicyclic) bond motifs is 3. The van der Waals surface area contributed by atoms with E-state index in [0.29, 0.717) is 24.7 Å². The minimum absolute atomic E-state index is 0.00821. The molecular formula is C30H50O5. The third kappa shape index (κ3) is 3.89. The molecule has 2 saturated heterocycles. The number of ether oxygens (including phenoxy) is 2. The maximum Gasteiger partial charge on any atom is 0.164 e. The van der Waals surface area contributed by atoms with Crippen molar-refractivity contribution < 1.29 is 24.5 Å². The lowest BCUT2D eigenvalue weighted by Gasteiger charge is -2.54. The van der Waals surface area contributed by atoms with E-state index in [2.05, 4.69) is 27.7 Å². The summed E-state index contributed by atoms with van der Waals surface area (Å²) in [5, 5.41) is 22.9. The van der Waals surface area contributed by atoms with Crippen molar-refractivity contribution in [3.05, 3.63) is 0 Å². The van der Waals surface area contributed by atoms with Gasteiger partial charge in [0.15, 0.2) is 5.78 Å². The standard InChI is InChI=1S/C30H50O5/c1-25(2)18-11-15-28(6,32)19(18)17-24-30(8,35-24)20(25)9-10-21-27(5)14-12-22(31)26(3,4)34-23(27)13-16-29(21,7)33/h18-21,23-24,32-33H,9-17H2,1-8H3. The van der Waals surface area contributed by atoms with Crippen LogP contribution in [0.3, 0.4) is 0 Å². The Balaban J connectivity index is 1.43. The molecule has 5 rings (SSSR count). The van der Waals surface area contributed by atoms with E-state index in [4.69, 9.17) is 9.47 Å². The van der Waals surface area contributed by atoms with Crippen LogP contribution in [0.25, 0.3) is 0 Å². The molecule has 2 aliphatic heterocycles. The molecular weight excluding hydrogens is 440 g/mol. The van der Waals surface area contributed by atoms with Gasteiger partial charge in [-0.15, -0.1) is 0 Å². The molecule has 200 valence electrons. The maximum atomic E-state index is 12.8. The number of carbonyl (C=O) groups is 1. The van der Waals surface area contributed by atoms with Gasteiger partial charge in [-0.25, -0.2) is 0 Å². The Bertz CT molecular complexity index is 874. The van der Waals surface area contributed by atoms with Gasteiger partial charge in [-0.2, -0.15) is 0 Å². The second kappa shape index (κ2) is 7.77. The fourth-order valence-electron chi connectivity index (χ4n) is 9.79. The first kappa shape index (κ1) is 26.1. The van der Waals surface area contributed by atoms with Crippen molar-refractivity contribution in [1.29, 1.82) is 0 Å². The largest absolute Gasteiger partial charge is 0.390 e. The van der Waals surface area contributed by atoms with Gasteiger partial charge >= 0.3 is 0 Å². The molecule has 3 saturated carbocycles. The molecule has 5 aliphatic rings. The van der Waals surface area contributed by atoms with E-state index in [1.165, 1.54) is 0 Å². The first-order valence-electron chi connectivity index (χ1n) is 14.3. The maximum absolute atomic E-state index is 12.8. The van der Waals surface area contributed by atoms with Crippen molar-refractivity contribution >= 4 is 5.78 Å². The van der Waals surface area contributed by atoms with Gasteiger partial charge in [0.2, 0.25) is 0 Å². The monoisotopic (exact) mass is 490 g/mol. The van der Waals surface area contributed by atoms with Crippen molar-refractivity contribution in [2.75, 3.05) is 0 Å². The number of ketones is 1. The molecule has 10 unspecified atom stereocenters. The highest BCUT2D eigenvalue weighted by Gasteiger charge is 2.68. The molecule has 3 aliphatic carbocycles. The van der Waals surface area contributed by atoms with Crippen LogP contribution in [-0.4, -0.2) is 50.6 Å². The van der Waals surface area contributed by atoms with E-state index in [0.717, 1.165) is 44.9 Å². The van der Waals surface area contributed by atoms with Gasteiger partial charge in [0.25, 0.3) is 0 Å². The molecule has 0 amide bonds. The van der Waals surface area contributed by atoms with Crippen molar-refractivity contribution in [1.82, 2.24) is 0 Å². The first-order valence-corrected chi connectivity index (χ1v) is 14.3. The highest BCUT2D eigenvalue weighted by Crippen LogP contribution is 2.66. The molecule has 0 aromatic carbocycles. The molecule has 0 aromatic rings. The van der Waals surface area contributed by atoms with Crippen LogP contribution in [0.2, 0.25) is 0 Å². The van der Waals surface area contributed by atoms with Crippen molar-refractivity contribution in [3.63, 3.8) is 0 Å². The van der Waals surface area contributed by atoms with Gasteiger partial charge in [0, 0.05) is 6.42 Å². The number of aliphatic hydroxyl groups is 2. The first-order chi connectivity index (χ1) is 16.0. The lowest BCUT2D eigenvalue weighted by atomic mass is 9.55. The van der Waals surface area contributed by atoms with E-state index in [1.54, 1.807) is 0 Å². The van der Waals surface area contributed by atoms with Crippen LogP contribution in [0.1, 0.15) is 113 Å². The van der Waals surface area contributed by atoms with Crippen molar-refractivity contribution in [2.24, 2.45) is 34.5 Å². The van der Waals surface area contributed by atoms with Crippen molar-refractivity contribution in [2.45, 2.75) is 148 Å². The zero-order chi connectivity index (χ0) is 25.8. The van der Waals surface area contributed by atoms with Gasteiger partial charge < -0.3 is 19.7 Å². The fourth-order valence-corrected chi connectivity index (χ4v) is 9.79. The van der Waals surface area contributed by atoms with E-state index in [9.17, 15) is 15.0 Å². The molecule has 0 radical (unpaired) electrons. The topological polar surface area (TPSA) is 79.3 Å². The summed E-state index contributed by atoms with van der Waals surface area (Å²) >= 11 is 0. The Labute approximate surface area is 212 Å². The van der Waals surface area contributed by atoms with Crippen LogP contribution >= 0.6 is 0 Å². The number of hydrogen-bond acceptors (Lipinski definition) is 5. The molecule has 2 N–H and O–H groups in total. The van der Waals surface area contributed by atoms with Crippen LogP contribution in [0.4, 0.5) is 0 Å². The summed E-state index contributed by atoms with van der Waals surface area (Å²) in [4.78, 5) is 12.8. The van der Waals surface area contributed by atoms with E-state index in [1.807, 2.05) is 27.7 Å². The van der Waals surface area contributed by atoms with Gasteiger partial charge in [-0.05, 0) is 120 Å². The molecule has 35 heavy (non-hydrogen) atoms. The predicted molar refractivity (Wildman–Crippen MR) is 136 cm³/mol. The lowest BCUT2D eigenvalue weighted by molar-refractivity contribution is -0.196. The smallest absolute Gasteiger partial charge is 0.164 e. The summed E-state index contributed by atoms with van der Waals surface area (Å²) in [5.41, 5.74) is -2.47. The van der Waals surface area contributed by atoms with Gasteiger partial charge in [-0.3, -0.25) is 4.79 Å². The highest BCUT2D eigenvalue weighted by molar-refractivity contribution is 5.86. The average Bonchev–Trinajstić information content (AvgIpc) is 3.30. The fraction of sp³-hybridized carbons (Fsp3) is 0.967. The minimum Gasteiger partial charge on any atom is -0.390 e. The molecule has 0 bridgehead atoms. The van der Waals surface area contributed by atoms with Crippen LogP contribution in [0.15, 0.2) is 0 Å². The molecule has 5 heteroatoms. The van der Waals surface area contributed by atoms with E-state index < -0.39 is 16.8 Å². The van der Waals surface area contributed by atoms with Gasteiger partial charge in [0.1, 0.15) is 5.60 Å². The normalized spacial score (nSPS) is 54.7. The summed E-state index contributed by atoms with van der Waals surface area (Å²) < 4.78 is 12.9. The Morgan fingerprint density at radius 1 is 0.771 bits per heavy atom. The van der Waals surface area contributed by atoms with Crippen molar-refractivity contribution in [3.8, 4) is 0 Å². The Morgan fingerprint density at radius 3 is 2.09 bits per heavy atom. The number of epoxide rings is 1. The van der Waals surface area contributed by atoms with E-state index in [-0.39, 0.29) is 46.3 Å². The van der Waals surface area contributed by atoms with Crippen LogP contribution < -0.4 is 0 Å². The van der Waals surface area contributed by atoms with Crippen LogP contribution in [0, 0.1) is 34.5 Å². The number of carbonyl (C=O) groups excluding carboxylic acids is 1. The summed E-state index contributed by atoms with van der Waals surface area (Å²) in [6.45, 7) is 17.2. The minimum atomic E-state index is -0.773. The second-order valence-electron chi connectivity index (χ2n) is 15.1. The molecule has 10 atom stereocenters. The van der Waals surface area contributed by atoms with Crippen LogP contribution in [-0.2, 0) is 14.3 Å². The summed E-state index contributed by atoms with van der Waals surface area (Å²) in [6.07, 6.45) is 7.83. The molecule has 2 heterocycles. The molecule has 0 aromatic heterocycles. The Hall–Kier alpha value is -0.490. The van der Waals surface area contributed by atoms with Gasteiger partial charge in [-0.1, -0.05) is 20.8 Å². The highest BCUT2D eigenvalue weighted by atomic mass is 16.6. The zero-order valence-electron chi connectivity index (χ0n) is 23.4. The van der Waals surface area contributed by atoms with Gasteiger partial charge in [0.05, 0.1) is 29.0 Å². The number of Topliss-reactive ketones (excluding diaryl/α,β-unsaturated/α-hetero) is 1. The van der Waals surface area contributed by atoms with E-state index >= 15 is 0 Å². The molecule has 5 fully saturated rings. The predicted octanol–water partition coefficient (Wildman–Crippen LogP) is 5.44. The molecule has 0 spiro atoms. The summed E-state index contributed by atoms with van der Waals surface area (Å²) in [7, 11) is 0. The quantitative estimate of drug-likeness (QED) is 0.515. The zero-order valence-corrected chi connectivity index (χ0v) is 23.4. The molecule has 5 nitrogen and oxygen atoms in total. The Kier molecular flexibility index (Phi) is 5.80. The third-order valence-electron chi connectivity index (χ3n) is 12.2. The number of hydrogen-bond donors (Lipinski definition) is 2. The summed E-state index contributed by atoms with van der Waals surface area (Å²) in [6, 6.07) is 0. The second-order valence-corrected chi connectivity index (χ2v) is 15.1. The third-order valence-corrected chi connectivity index (χ3v) is 12.2. The Morgan fingerprint density at radius 2 is 1.40 bits per heavy atom. The SMILES string of the molecule is CC1(C)OC2CCC(C)(O)C(CCC3C(C)(C)C4CCC(C)(O)C4CC4OC43C)C2(C)CCC1=O. The summed E-state index contributed by atoms with van der Waals surface area (Å²) in [5.74, 6) is 1.40. The van der Waals surface area contributed by atoms with Crippen LogP contribution in [0.5, 0.6) is 0 Å². The lowest BCUT2D eigenvalue weighted by Crippen LogP contribution is -2.56. The average molecular weight is 491 g/mol. The number of rotatable bonds is 3.